The first-order chi connectivity index (χ1) is 8.58. The highest BCUT2D eigenvalue weighted by atomic mass is 35.5. The summed E-state index contributed by atoms with van der Waals surface area (Å²) in [5.74, 6) is -1.12. The Morgan fingerprint density at radius 1 is 1.56 bits per heavy atom. The van der Waals surface area contributed by atoms with Gasteiger partial charge in [-0.2, -0.15) is 0 Å². The predicted molar refractivity (Wildman–Crippen MR) is 67.2 cm³/mol. The number of carbonyl (C=O) groups is 2. The Labute approximate surface area is 113 Å². The zero-order valence-corrected chi connectivity index (χ0v) is 11.0. The molecule has 0 bridgehead atoms. The molecule has 0 saturated carbocycles. The molecule has 1 aliphatic rings. The van der Waals surface area contributed by atoms with E-state index in [9.17, 15) is 9.59 Å². The van der Waals surface area contributed by atoms with E-state index in [0.29, 0.717) is 22.4 Å². The Morgan fingerprint density at radius 2 is 2.33 bits per heavy atom. The van der Waals surface area contributed by atoms with Crippen LogP contribution >= 0.6 is 22.9 Å². The standard InChI is InChI=1S/C11H12ClNO4S/c12-9-2-1-8(18-9)11(16)13-3-4-17-6-7(13)5-10(14)15/h1-2,7H,3-6H2,(H,14,15). The summed E-state index contributed by atoms with van der Waals surface area (Å²) in [5.41, 5.74) is 0. The highest BCUT2D eigenvalue weighted by molar-refractivity contribution is 7.17. The molecule has 0 aromatic carbocycles. The Hall–Kier alpha value is -1.11. The lowest BCUT2D eigenvalue weighted by molar-refractivity contribution is -0.139. The fraction of sp³-hybridized carbons (Fsp3) is 0.455. The number of carboxylic acids is 1. The van der Waals surface area contributed by atoms with Gasteiger partial charge in [0.05, 0.1) is 34.9 Å². The van der Waals surface area contributed by atoms with Crippen LogP contribution in [0.15, 0.2) is 12.1 Å². The summed E-state index contributed by atoms with van der Waals surface area (Å²) in [5, 5.41) is 8.83. The Balaban J connectivity index is 2.13. The number of halogens is 1. The summed E-state index contributed by atoms with van der Waals surface area (Å²) >= 11 is 6.99. The maximum atomic E-state index is 12.2. The lowest BCUT2D eigenvalue weighted by Crippen LogP contribution is -2.49. The second-order valence-corrected chi connectivity index (χ2v) is 5.64. The molecule has 1 amide bonds. The highest BCUT2D eigenvalue weighted by Gasteiger charge is 2.30. The van der Waals surface area contributed by atoms with E-state index < -0.39 is 12.0 Å². The van der Waals surface area contributed by atoms with E-state index in [0.717, 1.165) is 0 Å². The molecule has 2 rings (SSSR count). The molecule has 18 heavy (non-hydrogen) atoms. The molecule has 0 aliphatic carbocycles. The summed E-state index contributed by atoms with van der Waals surface area (Å²) in [6.07, 6.45) is -0.106. The van der Waals surface area contributed by atoms with Crippen molar-refractivity contribution in [3.8, 4) is 0 Å². The van der Waals surface area contributed by atoms with E-state index in [2.05, 4.69) is 0 Å². The summed E-state index contributed by atoms with van der Waals surface area (Å²) in [4.78, 5) is 25.1. The average molecular weight is 290 g/mol. The molecule has 1 unspecified atom stereocenters. The number of thiophene rings is 1. The van der Waals surface area contributed by atoms with Crippen molar-refractivity contribution in [2.75, 3.05) is 19.8 Å². The van der Waals surface area contributed by atoms with Gasteiger partial charge in [0.25, 0.3) is 5.91 Å². The van der Waals surface area contributed by atoms with Crippen LogP contribution in [0.3, 0.4) is 0 Å². The van der Waals surface area contributed by atoms with Crippen LogP contribution in [0, 0.1) is 0 Å². The number of carbonyl (C=O) groups excluding carboxylic acids is 1. The van der Waals surface area contributed by atoms with Gasteiger partial charge in [-0.25, -0.2) is 0 Å². The number of ether oxygens (including phenoxy) is 1. The zero-order valence-electron chi connectivity index (χ0n) is 9.47. The molecule has 2 heterocycles. The molecular formula is C11H12ClNO4S. The number of hydrogen-bond donors (Lipinski definition) is 1. The summed E-state index contributed by atoms with van der Waals surface area (Å²) in [7, 11) is 0. The van der Waals surface area contributed by atoms with Gasteiger partial charge in [-0.05, 0) is 12.1 Å². The van der Waals surface area contributed by atoms with Crippen molar-refractivity contribution in [2.45, 2.75) is 12.5 Å². The van der Waals surface area contributed by atoms with Gasteiger partial charge < -0.3 is 14.7 Å². The number of hydrogen-bond acceptors (Lipinski definition) is 4. The molecule has 5 nitrogen and oxygen atoms in total. The monoisotopic (exact) mass is 289 g/mol. The smallest absolute Gasteiger partial charge is 0.305 e. The lowest BCUT2D eigenvalue weighted by atomic mass is 10.1. The van der Waals surface area contributed by atoms with E-state index in [1.165, 1.54) is 11.3 Å². The van der Waals surface area contributed by atoms with Gasteiger partial charge in [0, 0.05) is 6.54 Å². The van der Waals surface area contributed by atoms with Crippen LogP contribution in [0.1, 0.15) is 16.1 Å². The van der Waals surface area contributed by atoms with Gasteiger partial charge in [0.1, 0.15) is 0 Å². The molecule has 1 saturated heterocycles. The Kier molecular flexibility index (Phi) is 4.21. The van der Waals surface area contributed by atoms with Gasteiger partial charge in [0.15, 0.2) is 0 Å². The molecule has 0 radical (unpaired) electrons. The van der Waals surface area contributed by atoms with Crippen molar-refractivity contribution < 1.29 is 19.4 Å². The largest absolute Gasteiger partial charge is 0.481 e. The molecule has 1 atom stereocenters. The minimum absolute atomic E-state index is 0.106. The molecule has 1 aromatic rings. The Morgan fingerprint density at radius 3 is 2.94 bits per heavy atom. The van der Waals surface area contributed by atoms with Gasteiger partial charge in [-0.3, -0.25) is 9.59 Å². The molecule has 1 N–H and O–H groups in total. The maximum Gasteiger partial charge on any atom is 0.305 e. The number of nitrogens with zero attached hydrogens (tertiary/aromatic N) is 1. The van der Waals surface area contributed by atoms with Gasteiger partial charge >= 0.3 is 5.97 Å². The minimum atomic E-state index is -0.937. The van der Waals surface area contributed by atoms with E-state index in [-0.39, 0.29) is 18.9 Å². The van der Waals surface area contributed by atoms with Crippen LogP contribution in [0.2, 0.25) is 4.34 Å². The van der Waals surface area contributed by atoms with E-state index in [4.69, 9.17) is 21.4 Å². The van der Waals surface area contributed by atoms with Crippen molar-refractivity contribution in [2.24, 2.45) is 0 Å². The molecule has 7 heteroatoms. The molecule has 98 valence electrons. The highest BCUT2D eigenvalue weighted by Crippen LogP contribution is 2.24. The third-order valence-corrected chi connectivity index (χ3v) is 3.90. The number of amides is 1. The summed E-state index contributed by atoms with van der Waals surface area (Å²) < 4.78 is 5.77. The van der Waals surface area contributed by atoms with Crippen LogP contribution < -0.4 is 0 Å². The normalized spacial score (nSPS) is 19.8. The maximum absolute atomic E-state index is 12.2. The number of aliphatic carboxylic acids is 1. The Bertz CT molecular complexity index is 462. The fourth-order valence-electron chi connectivity index (χ4n) is 1.86. The fourth-order valence-corrected chi connectivity index (χ4v) is 2.86. The topological polar surface area (TPSA) is 66.8 Å². The van der Waals surface area contributed by atoms with Crippen LogP contribution in [-0.4, -0.2) is 47.7 Å². The van der Waals surface area contributed by atoms with Gasteiger partial charge in [-0.1, -0.05) is 11.6 Å². The minimum Gasteiger partial charge on any atom is -0.481 e. The molecule has 1 aliphatic heterocycles. The SMILES string of the molecule is O=C(O)CC1COCCN1C(=O)c1ccc(Cl)s1. The van der Waals surface area contributed by atoms with Crippen LogP contribution in [0.4, 0.5) is 0 Å². The van der Waals surface area contributed by atoms with Crippen molar-refractivity contribution in [3.63, 3.8) is 0 Å². The first kappa shape index (κ1) is 13.3. The average Bonchev–Trinajstić information content (AvgIpc) is 2.75. The summed E-state index contributed by atoms with van der Waals surface area (Å²) in [6, 6.07) is 2.90. The van der Waals surface area contributed by atoms with E-state index in [1.807, 2.05) is 0 Å². The predicted octanol–water partition coefficient (Wildman–Crippen LogP) is 1.72. The second-order valence-electron chi connectivity index (χ2n) is 3.93. The van der Waals surface area contributed by atoms with E-state index >= 15 is 0 Å². The third kappa shape index (κ3) is 3.01. The number of rotatable bonds is 3. The van der Waals surface area contributed by atoms with E-state index in [1.54, 1.807) is 17.0 Å². The lowest BCUT2D eigenvalue weighted by Gasteiger charge is -2.34. The first-order valence-corrected chi connectivity index (χ1v) is 6.63. The van der Waals surface area contributed by atoms with Crippen molar-refractivity contribution in [1.29, 1.82) is 0 Å². The van der Waals surface area contributed by atoms with Crippen molar-refractivity contribution >= 4 is 34.8 Å². The van der Waals surface area contributed by atoms with Crippen molar-refractivity contribution in [1.82, 2.24) is 4.90 Å². The number of carboxylic acid groups (broad SMARTS) is 1. The number of morpholine rings is 1. The van der Waals surface area contributed by atoms with Gasteiger partial charge in [0.2, 0.25) is 0 Å². The molecule has 0 spiro atoms. The van der Waals surface area contributed by atoms with Crippen LogP contribution in [-0.2, 0) is 9.53 Å². The second kappa shape index (κ2) is 5.69. The third-order valence-electron chi connectivity index (χ3n) is 2.68. The quantitative estimate of drug-likeness (QED) is 0.920. The zero-order chi connectivity index (χ0) is 13.1. The first-order valence-electron chi connectivity index (χ1n) is 5.44. The van der Waals surface area contributed by atoms with Crippen LogP contribution in [0.25, 0.3) is 0 Å². The molecule has 1 fully saturated rings. The van der Waals surface area contributed by atoms with Crippen molar-refractivity contribution in [3.05, 3.63) is 21.3 Å². The molecule has 1 aromatic heterocycles. The molecular weight excluding hydrogens is 278 g/mol. The van der Waals surface area contributed by atoms with Gasteiger partial charge in [-0.15, -0.1) is 11.3 Å². The summed E-state index contributed by atoms with van der Waals surface area (Å²) in [6.45, 7) is 1.10. The van der Waals surface area contributed by atoms with Crippen LogP contribution in [0.5, 0.6) is 0 Å².